The summed E-state index contributed by atoms with van der Waals surface area (Å²) in [4.78, 5) is 23.3. The van der Waals surface area contributed by atoms with Crippen molar-refractivity contribution in [1.82, 2.24) is 5.32 Å². The molecule has 0 aliphatic rings. The summed E-state index contributed by atoms with van der Waals surface area (Å²) in [7, 11) is 0. The fourth-order valence-electron chi connectivity index (χ4n) is 2.20. The molecular formula is C20H15NO4. The van der Waals surface area contributed by atoms with Gasteiger partial charge in [0.25, 0.3) is 0 Å². The number of carbonyl (C=O) groups is 1. The Morgan fingerprint density at radius 1 is 1.12 bits per heavy atom. The van der Waals surface area contributed by atoms with Crippen LogP contribution in [0.15, 0.2) is 70.1 Å². The van der Waals surface area contributed by atoms with Crippen molar-refractivity contribution in [2.24, 2.45) is 0 Å². The number of fused-ring (bicyclic) bond motifs is 1. The summed E-state index contributed by atoms with van der Waals surface area (Å²) < 4.78 is 10.3. The zero-order valence-electron chi connectivity index (χ0n) is 13.3. The minimum atomic E-state index is -0.530. The molecule has 1 heterocycles. The third-order valence-electron chi connectivity index (χ3n) is 3.43. The van der Waals surface area contributed by atoms with Gasteiger partial charge in [0, 0.05) is 11.6 Å². The third kappa shape index (κ3) is 4.49. The molecule has 1 aromatic heterocycles. The molecule has 3 rings (SSSR count). The van der Waals surface area contributed by atoms with E-state index in [4.69, 9.17) is 9.15 Å². The van der Waals surface area contributed by atoms with Crippen LogP contribution in [0.5, 0.6) is 0 Å². The van der Waals surface area contributed by atoms with Gasteiger partial charge in [-0.3, -0.25) is 4.79 Å². The van der Waals surface area contributed by atoms with Crippen molar-refractivity contribution in [2.75, 3.05) is 6.54 Å². The van der Waals surface area contributed by atoms with Gasteiger partial charge in [-0.05, 0) is 23.8 Å². The highest BCUT2D eigenvalue weighted by molar-refractivity contribution is 5.77. The number of carbonyl (C=O) groups excluding carboxylic acids is 1. The highest BCUT2D eigenvalue weighted by atomic mass is 16.5. The molecule has 0 spiro atoms. The molecule has 0 saturated heterocycles. The van der Waals surface area contributed by atoms with E-state index >= 15 is 0 Å². The number of ether oxygens (including phenoxy) is 1. The van der Waals surface area contributed by atoms with Gasteiger partial charge in [0.05, 0.1) is 18.2 Å². The number of nitrogens with one attached hydrogen (secondary N) is 1. The van der Waals surface area contributed by atoms with Crippen LogP contribution < -0.4 is 10.7 Å². The Labute approximate surface area is 144 Å². The first kappa shape index (κ1) is 16.3. The number of benzene rings is 2. The summed E-state index contributed by atoms with van der Waals surface area (Å²) in [6.07, 6.45) is 0.832. The fourth-order valence-corrected chi connectivity index (χ4v) is 2.20. The van der Waals surface area contributed by atoms with Crippen LogP contribution in [0.4, 0.5) is 4.79 Å². The van der Waals surface area contributed by atoms with Crippen molar-refractivity contribution in [2.45, 2.75) is 6.61 Å². The summed E-state index contributed by atoms with van der Waals surface area (Å²) >= 11 is 0. The molecule has 1 N–H and O–H groups in total. The van der Waals surface area contributed by atoms with E-state index < -0.39 is 6.09 Å². The molecule has 0 aliphatic carbocycles. The largest absolute Gasteiger partial charge is 0.464 e. The highest BCUT2D eigenvalue weighted by Crippen LogP contribution is 2.11. The smallest absolute Gasteiger partial charge is 0.408 e. The summed E-state index contributed by atoms with van der Waals surface area (Å²) in [5.74, 6) is 5.71. The van der Waals surface area contributed by atoms with E-state index in [1.54, 1.807) is 18.2 Å². The average molecular weight is 333 g/mol. The quantitative estimate of drug-likeness (QED) is 0.748. The Morgan fingerprint density at radius 2 is 1.96 bits per heavy atom. The molecule has 3 aromatic rings. The van der Waals surface area contributed by atoms with Gasteiger partial charge in [0.2, 0.25) is 0 Å². The van der Waals surface area contributed by atoms with Crippen LogP contribution in [0, 0.1) is 11.8 Å². The first-order valence-electron chi connectivity index (χ1n) is 7.67. The van der Waals surface area contributed by atoms with Gasteiger partial charge in [-0.15, -0.1) is 0 Å². The minimum Gasteiger partial charge on any atom is -0.464 e. The molecule has 2 aromatic carbocycles. The number of amides is 1. The van der Waals surface area contributed by atoms with Gasteiger partial charge in [-0.2, -0.15) is 0 Å². The average Bonchev–Trinajstić information content (AvgIpc) is 2.65. The van der Waals surface area contributed by atoms with Crippen LogP contribution in [-0.2, 0) is 11.3 Å². The molecule has 0 atom stereocenters. The van der Waals surface area contributed by atoms with E-state index in [2.05, 4.69) is 17.2 Å². The first-order valence-corrected chi connectivity index (χ1v) is 7.67. The van der Waals surface area contributed by atoms with E-state index in [0.29, 0.717) is 16.5 Å². The molecule has 0 unspecified atom stereocenters. The Bertz CT molecular complexity index is 997. The molecule has 0 bridgehead atoms. The molecule has 0 fully saturated rings. The number of hydrogen-bond donors (Lipinski definition) is 1. The number of hydrogen-bond acceptors (Lipinski definition) is 4. The van der Waals surface area contributed by atoms with Crippen molar-refractivity contribution in [1.29, 1.82) is 0 Å². The zero-order chi connectivity index (χ0) is 17.5. The van der Waals surface area contributed by atoms with Crippen LogP contribution in [0.2, 0.25) is 0 Å². The lowest BCUT2D eigenvalue weighted by Gasteiger charge is -2.04. The fraction of sp³-hybridized carbons (Fsp3) is 0.100. The monoisotopic (exact) mass is 333 g/mol. The second kappa shape index (κ2) is 7.84. The number of alkyl carbamates (subject to hydrolysis) is 1. The topological polar surface area (TPSA) is 68.5 Å². The van der Waals surface area contributed by atoms with Crippen LogP contribution >= 0.6 is 0 Å². The SMILES string of the molecule is O=C(NCC#Cc1ccc2occc(=O)c2c1)OCc1ccccc1. The van der Waals surface area contributed by atoms with Crippen molar-refractivity contribution in [3.05, 3.63) is 82.2 Å². The lowest BCUT2D eigenvalue weighted by atomic mass is 10.1. The van der Waals surface area contributed by atoms with E-state index in [-0.39, 0.29) is 18.6 Å². The van der Waals surface area contributed by atoms with E-state index in [0.717, 1.165) is 5.56 Å². The van der Waals surface area contributed by atoms with Crippen molar-refractivity contribution < 1.29 is 13.9 Å². The van der Waals surface area contributed by atoms with Crippen molar-refractivity contribution >= 4 is 17.1 Å². The zero-order valence-corrected chi connectivity index (χ0v) is 13.3. The lowest BCUT2D eigenvalue weighted by molar-refractivity contribution is 0.141. The van der Waals surface area contributed by atoms with Crippen LogP contribution in [0.25, 0.3) is 11.0 Å². The van der Waals surface area contributed by atoms with E-state index in [1.807, 2.05) is 30.3 Å². The molecule has 0 aliphatic heterocycles. The molecule has 124 valence electrons. The normalized spacial score (nSPS) is 9.92. The van der Waals surface area contributed by atoms with Gasteiger partial charge in [0.15, 0.2) is 5.43 Å². The summed E-state index contributed by atoms with van der Waals surface area (Å²) in [5.41, 5.74) is 1.98. The molecule has 1 amide bonds. The molecule has 5 heteroatoms. The second-order valence-corrected chi connectivity index (χ2v) is 5.21. The Balaban J connectivity index is 1.53. The van der Waals surface area contributed by atoms with Crippen LogP contribution in [-0.4, -0.2) is 12.6 Å². The molecule has 5 nitrogen and oxygen atoms in total. The molecular weight excluding hydrogens is 318 g/mol. The predicted octanol–water partition coefficient (Wildman–Crippen LogP) is 3.07. The van der Waals surface area contributed by atoms with Crippen LogP contribution in [0.3, 0.4) is 0 Å². The summed E-state index contributed by atoms with van der Waals surface area (Å²) in [5, 5.41) is 3.03. The van der Waals surface area contributed by atoms with Crippen molar-refractivity contribution in [3.8, 4) is 11.8 Å². The Morgan fingerprint density at radius 3 is 2.80 bits per heavy atom. The molecule has 0 radical (unpaired) electrons. The third-order valence-corrected chi connectivity index (χ3v) is 3.43. The Hall–Kier alpha value is -3.52. The highest BCUT2D eigenvalue weighted by Gasteiger charge is 2.01. The molecule has 0 saturated carbocycles. The Kier molecular flexibility index (Phi) is 5.13. The van der Waals surface area contributed by atoms with Gasteiger partial charge < -0.3 is 14.5 Å². The minimum absolute atomic E-state index is 0.118. The maximum absolute atomic E-state index is 11.8. The van der Waals surface area contributed by atoms with Gasteiger partial charge in [-0.25, -0.2) is 4.79 Å². The second-order valence-electron chi connectivity index (χ2n) is 5.21. The maximum atomic E-state index is 11.8. The first-order chi connectivity index (χ1) is 12.2. The molecule has 25 heavy (non-hydrogen) atoms. The van der Waals surface area contributed by atoms with Crippen molar-refractivity contribution in [3.63, 3.8) is 0 Å². The van der Waals surface area contributed by atoms with Gasteiger partial charge in [-0.1, -0.05) is 42.2 Å². The summed E-state index contributed by atoms with van der Waals surface area (Å²) in [6.45, 7) is 0.357. The lowest BCUT2D eigenvalue weighted by Crippen LogP contribution is -2.24. The predicted molar refractivity (Wildman–Crippen MR) is 94.0 cm³/mol. The maximum Gasteiger partial charge on any atom is 0.408 e. The standard InChI is InChI=1S/C20H15NO4/c22-18-10-12-24-19-9-8-15(13-17(18)19)7-4-11-21-20(23)25-14-16-5-2-1-3-6-16/h1-3,5-6,8-10,12-13H,11,14H2,(H,21,23). The van der Waals surface area contributed by atoms with E-state index in [9.17, 15) is 9.59 Å². The summed E-state index contributed by atoms with van der Waals surface area (Å²) in [6, 6.07) is 15.9. The van der Waals surface area contributed by atoms with Crippen LogP contribution in [0.1, 0.15) is 11.1 Å². The number of rotatable bonds is 3. The van der Waals surface area contributed by atoms with E-state index in [1.165, 1.54) is 12.3 Å². The van der Waals surface area contributed by atoms with Gasteiger partial charge in [0.1, 0.15) is 12.2 Å². The van der Waals surface area contributed by atoms with Gasteiger partial charge >= 0.3 is 6.09 Å².